The standard InChI is InChI=1S/C13H17N3O4/c17-12-10-2-1-3-11(16-10)13(18)15-5-7-20-9-8-19-6-4-14-12/h1-3H,4-9H2,(H,14,17)(H,15,18). The van der Waals surface area contributed by atoms with E-state index >= 15 is 0 Å². The third-order valence-corrected chi connectivity index (χ3v) is 2.65. The minimum Gasteiger partial charge on any atom is -0.377 e. The summed E-state index contributed by atoms with van der Waals surface area (Å²) in [5.74, 6) is -0.649. The van der Waals surface area contributed by atoms with Crippen molar-refractivity contribution in [3.8, 4) is 0 Å². The molecule has 0 atom stereocenters. The fourth-order valence-corrected chi connectivity index (χ4v) is 1.66. The Labute approximate surface area is 116 Å². The number of aromatic nitrogens is 1. The van der Waals surface area contributed by atoms with E-state index in [9.17, 15) is 9.59 Å². The van der Waals surface area contributed by atoms with Crippen molar-refractivity contribution < 1.29 is 19.1 Å². The lowest BCUT2D eigenvalue weighted by Crippen LogP contribution is -2.30. The number of pyridine rings is 1. The Morgan fingerprint density at radius 2 is 1.35 bits per heavy atom. The Morgan fingerprint density at radius 1 is 0.850 bits per heavy atom. The summed E-state index contributed by atoms with van der Waals surface area (Å²) >= 11 is 0. The number of fused-ring (bicyclic) bond motifs is 2. The molecule has 2 heterocycles. The van der Waals surface area contributed by atoms with E-state index in [0.717, 1.165) is 0 Å². The number of ether oxygens (including phenoxy) is 2. The highest BCUT2D eigenvalue weighted by atomic mass is 16.5. The van der Waals surface area contributed by atoms with Crippen LogP contribution in [0.2, 0.25) is 0 Å². The van der Waals surface area contributed by atoms with Gasteiger partial charge in [0.2, 0.25) is 0 Å². The minimum atomic E-state index is -0.325. The Bertz CT molecular complexity index is 439. The highest BCUT2D eigenvalue weighted by Gasteiger charge is 2.12. The summed E-state index contributed by atoms with van der Waals surface area (Å²) in [6.45, 7) is 2.50. The molecule has 0 unspecified atom stereocenters. The average molecular weight is 279 g/mol. The van der Waals surface area contributed by atoms with E-state index in [0.29, 0.717) is 39.5 Å². The first-order chi connectivity index (χ1) is 9.77. The highest BCUT2D eigenvalue weighted by molar-refractivity contribution is 5.96. The molecule has 1 aromatic heterocycles. The van der Waals surface area contributed by atoms with Crippen LogP contribution in [0.4, 0.5) is 0 Å². The maximum Gasteiger partial charge on any atom is 0.269 e. The van der Waals surface area contributed by atoms with Gasteiger partial charge >= 0.3 is 0 Å². The highest BCUT2D eigenvalue weighted by Crippen LogP contribution is 2.00. The maximum atomic E-state index is 11.8. The maximum absolute atomic E-state index is 11.8. The molecule has 0 fully saturated rings. The van der Waals surface area contributed by atoms with E-state index < -0.39 is 0 Å². The molecule has 2 bridgehead atoms. The van der Waals surface area contributed by atoms with Gasteiger partial charge in [-0.15, -0.1) is 0 Å². The molecule has 2 N–H and O–H groups in total. The molecule has 2 amide bonds. The predicted octanol–water partition coefficient (Wildman–Crippen LogP) is -0.412. The van der Waals surface area contributed by atoms with Crippen molar-refractivity contribution in [2.45, 2.75) is 0 Å². The Kier molecular flexibility index (Phi) is 5.45. The van der Waals surface area contributed by atoms with E-state index in [1.165, 1.54) is 0 Å². The van der Waals surface area contributed by atoms with Crippen LogP contribution in [-0.2, 0) is 9.47 Å². The van der Waals surface area contributed by atoms with E-state index in [4.69, 9.17) is 9.47 Å². The number of carbonyl (C=O) groups is 2. The van der Waals surface area contributed by atoms with Crippen LogP contribution in [0.15, 0.2) is 18.2 Å². The first kappa shape index (κ1) is 14.4. The van der Waals surface area contributed by atoms with Gasteiger partial charge in [-0.25, -0.2) is 4.98 Å². The van der Waals surface area contributed by atoms with Crippen molar-refractivity contribution in [3.05, 3.63) is 29.6 Å². The van der Waals surface area contributed by atoms with Crippen LogP contribution >= 0.6 is 0 Å². The topological polar surface area (TPSA) is 89.5 Å². The molecule has 1 aliphatic rings. The molecule has 1 aromatic rings. The van der Waals surface area contributed by atoms with Crippen molar-refractivity contribution in [1.82, 2.24) is 15.6 Å². The third-order valence-electron chi connectivity index (χ3n) is 2.65. The van der Waals surface area contributed by atoms with Crippen LogP contribution < -0.4 is 10.6 Å². The lowest BCUT2D eigenvalue weighted by Gasteiger charge is -2.06. The molecule has 7 heteroatoms. The number of nitrogens with zero attached hydrogens (tertiary/aromatic N) is 1. The van der Waals surface area contributed by atoms with Crippen molar-refractivity contribution in [2.75, 3.05) is 39.5 Å². The van der Waals surface area contributed by atoms with Crippen LogP contribution in [-0.4, -0.2) is 56.3 Å². The largest absolute Gasteiger partial charge is 0.377 e. The summed E-state index contributed by atoms with van der Waals surface area (Å²) in [6.07, 6.45) is 0. The zero-order chi connectivity index (χ0) is 14.2. The van der Waals surface area contributed by atoms with Crippen LogP contribution in [0.5, 0.6) is 0 Å². The van der Waals surface area contributed by atoms with Gasteiger partial charge in [0.15, 0.2) is 0 Å². The monoisotopic (exact) mass is 279 g/mol. The van der Waals surface area contributed by atoms with Crippen molar-refractivity contribution in [3.63, 3.8) is 0 Å². The van der Waals surface area contributed by atoms with Crippen LogP contribution in [0.1, 0.15) is 21.0 Å². The average Bonchev–Trinajstić information content (AvgIpc) is 2.48. The molecule has 2 rings (SSSR count). The van der Waals surface area contributed by atoms with Crippen molar-refractivity contribution in [1.29, 1.82) is 0 Å². The Balaban J connectivity index is 2.07. The number of rotatable bonds is 0. The summed E-state index contributed by atoms with van der Waals surface area (Å²) in [6, 6.07) is 4.75. The molecule has 0 radical (unpaired) electrons. The quantitative estimate of drug-likeness (QED) is 0.674. The molecular weight excluding hydrogens is 262 g/mol. The van der Waals surface area contributed by atoms with Gasteiger partial charge in [-0.1, -0.05) is 6.07 Å². The summed E-state index contributed by atoms with van der Waals surface area (Å²) < 4.78 is 10.6. The fraction of sp³-hybridized carbons (Fsp3) is 0.462. The minimum absolute atomic E-state index is 0.212. The van der Waals surface area contributed by atoms with E-state index in [1.807, 2.05) is 0 Å². The molecule has 0 saturated heterocycles. The number of nitrogens with one attached hydrogen (secondary N) is 2. The van der Waals surface area contributed by atoms with Crippen LogP contribution in [0, 0.1) is 0 Å². The van der Waals surface area contributed by atoms with Gasteiger partial charge in [-0.05, 0) is 12.1 Å². The molecule has 0 saturated carbocycles. The predicted molar refractivity (Wildman–Crippen MR) is 70.5 cm³/mol. The molecule has 20 heavy (non-hydrogen) atoms. The zero-order valence-corrected chi connectivity index (χ0v) is 11.1. The van der Waals surface area contributed by atoms with Gasteiger partial charge in [0, 0.05) is 13.1 Å². The van der Waals surface area contributed by atoms with Gasteiger partial charge < -0.3 is 20.1 Å². The van der Waals surface area contributed by atoms with Crippen molar-refractivity contribution >= 4 is 11.8 Å². The van der Waals surface area contributed by atoms with E-state index in [-0.39, 0.29) is 23.2 Å². The molecule has 0 spiro atoms. The molecule has 7 nitrogen and oxygen atoms in total. The summed E-state index contributed by atoms with van der Waals surface area (Å²) in [4.78, 5) is 27.7. The number of hydrogen-bond donors (Lipinski definition) is 2. The summed E-state index contributed by atoms with van der Waals surface area (Å²) in [5, 5.41) is 5.35. The van der Waals surface area contributed by atoms with Gasteiger partial charge in [-0.3, -0.25) is 9.59 Å². The lowest BCUT2D eigenvalue weighted by atomic mass is 10.2. The number of carbonyl (C=O) groups excluding carboxylic acids is 2. The van der Waals surface area contributed by atoms with Crippen molar-refractivity contribution in [2.24, 2.45) is 0 Å². The molecule has 108 valence electrons. The second-order valence-electron chi connectivity index (χ2n) is 4.14. The first-order valence-corrected chi connectivity index (χ1v) is 6.46. The van der Waals surface area contributed by atoms with Gasteiger partial charge in [-0.2, -0.15) is 0 Å². The molecule has 1 aliphatic heterocycles. The molecular formula is C13H17N3O4. The SMILES string of the molecule is O=C1NCCOCCOCCNC(=O)c2cccc1n2. The smallest absolute Gasteiger partial charge is 0.269 e. The number of hydrogen-bond acceptors (Lipinski definition) is 5. The Hall–Kier alpha value is -1.99. The summed E-state index contributed by atoms with van der Waals surface area (Å²) in [5.41, 5.74) is 0.424. The van der Waals surface area contributed by atoms with Gasteiger partial charge in [0.1, 0.15) is 11.4 Å². The lowest BCUT2D eigenvalue weighted by molar-refractivity contribution is 0.0487. The third kappa shape index (κ3) is 4.29. The Morgan fingerprint density at radius 3 is 1.85 bits per heavy atom. The second-order valence-corrected chi connectivity index (χ2v) is 4.14. The molecule has 0 aliphatic carbocycles. The van der Waals surface area contributed by atoms with Crippen LogP contribution in [0.3, 0.4) is 0 Å². The van der Waals surface area contributed by atoms with E-state index in [2.05, 4.69) is 15.6 Å². The van der Waals surface area contributed by atoms with Gasteiger partial charge in [0.25, 0.3) is 11.8 Å². The fourth-order valence-electron chi connectivity index (χ4n) is 1.66. The second kappa shape index (κ2) is 7.56. The molecule has 0 aromatic carbocycles. The van der Waals surface area contributed by atoms with Gasteiger partial charge in [0.05, 0.1) is 26.4 Å². The van der Waals surface area contributed by atoms with Crippen LogP contribution in [0.25, 0.3) is 0 Å². The van der Waals surface area contributed by atoms with E-state index in [1.54, 1.807) is 18.2 Å². The summed E-state index contributed by atoms with van der Waals surface area (Å²) in [7, 11) is 0. The zero-order valence-electron chi connectivity index (χ0n) is 11.1. The first-order valence-electron chi connectivity index (χ1n) is 6.46. The number of amides is 2. The normalized spacial score (nSPS) is 18.4.